The van der Waals surface area contributed by atoms with Crippen LogP contribution in [0.5, 0.6) is 5.75 Å². The first-order chi connectivity index (χ1) is 9.17. The maximum atomic E-state index is 12.5. The number of rotatable bonds is 3. The molecule has 104 valence electrons. The molecule has 1 amide bonds. The van der Waals surface area contributed by atoms with Gasteiger partial charge in [0.05, 0.1) is 38.5 Å². The van der Waals surface area contributed by atoms with Crippen LogP contribution in [0.2, 0.25) is 0 Å². The summed E-state index contributed by atoms with van der Waals surface area (Å²) < 4.78 is 11.1. The second kappa shape index (κ2) is 6.36. The van der Waals surface area contributed by atoms with E-state index >= 15 is 0 Å². The van der Waals surface area contributed by atoms with E-state index in [1.54, 1.807) is 30.2 Å². The fourth-order valence-electron chi connectivity index (χ4n) is 2.02. The van der Waals surface area contributed by atoms with Crippen LogP contribution in [0.3, 0.4) is 0 Å². The molecule has 0 unspecified atom stereocenters. The Kier molecular flexibility index (Phi) is 4.79. The zero-order valence-electron chi connectivity index (χ0n) is 10.6. The molecule has 0 radical (unpaired) electrons. The monoisotopic (exact) mass is 329 g/mol. The SMILES string of the molecule is COc1ccc(Br)c(C(=O)N2CCOC[C@H]2CO)c1. The molecule has 0 saturated carbocycles. The molecule has 1 atom stereocenters. The van der Waals surface area contributed by atoms with Crippen molar-refractivity contribution in [2.24, 2.45) is 0 Å². The lowest BCUT2D eigenvalue weighted by Crippen LogP contribution is -2.50. The molecule has 1 aliphatic heterocycles. The molecule has 0 bridgehead atoms. The minimum atomic E-state index is -0.292. The molecule has 1 aromatic rings. The molecule has 0 aromatic heterocycles. The van der Waals surface area contributed by atoms with E-state index in [0.29, 0.717) is 35.5 Å². The van der Waals surface area contributed by atoms with E-state index in [1.165, 1.54) is 0 Å². The number of morpholine rings is 1. The van der Waals surface area contributed by atoms with Crippen LogP contribution < -0.4 is 4.74 Å². The normalized spacial score (nSPS) is 19.3. The van der Waals surface area contributed by atoms with E-state index in [1.807, 2.05) is 0 Å². The summed E-state index contributed by atoms with van der Waals surface area (Å²) in [5, 5.41) is 9.32. The number of carbonyl (C=O) groups excluding carboxylic acids is 1. The number of ether oxygens (including phenoxy) is 2. The first-order valence-electron chi connectivity index (χ1n) is 6.00. The summed E-state index contributed by atoms with van der Waals surface area (Å²) in [6.45, 7) is 1.23. The van der Waals surface area contributed by atoms with Gasteiger partial charge in [-0.1, -0.05) is 0 Å². The van der Waals surface area contributed by atoms with Crippen molar-refractivity contribution in [2.45, 2.75) is 6.04 Å². The molecule has 1 N–H and O–H groups in total. The van der Waals surface area contributed by atoms with Crippen molar-refractivity contribution < 1.29 is 19.4 Å². The molecule has 1 aliphatic rings. The summed E-state index contributed by atoms with van der Waals surface area (Å²) in [7, 11) is 1.56. The Morgan fingerprint density at radius 3 is 3.11 bits per heavy atom. The van der Waals surface area contributed by atoms with Gasteiger partial charge in [-0.3, -0.25) is 4.79 Å². The zero-order valence-corrected chi connectivity index (χ0v) is 12.2. The number of aliphatic hydroxyl groups is 1. The maximum absolute atomic E-state index is 12.5. The third-order valence-electron chi connectivity index (χ3n) is 3.10. The van der Waals surface area contributed by atoms with Gasteiger partial charge < -0.3 is 19.5 Å². The Bertz CT molecular complexity index is 466. The standard InChI is InChI=1S/C13H16BrNO4/c1-18-10-2-3-12(14)11(6-10)13(17)15-4-5-19-8-9(15)7-16/h2-3,6,9,16H,4-5,7-8H2,1H3/t9-/m1/s1. The van der Waals surface area contributed by atoms with Gasteiger partial charge in [0.15, 0.2) is 0 Å². The second-order valence-electron chi connectivity index (χ2n) is 4.26. The first-order valence-corrected chi connectivity index (χ1v) is 6.79. The highest BCUT2D eigenvalue weighted by molar-refractivity contribution is 9.10. The van der Waals surface area contributed by atoms with E-state index in [-0.39, 0.29) is 18.6 Å². The van der Waals surface area contributed by atoms with Crippen LogP contribution in [0.4, 0.5) is 0 Å². The molecule has 6 heteroatoms. The smallest absolute Gasteiger partial charge is 0.255 e. The van der Waals surface area contributed by atoms with E-state index < -0.39 is 0 Å². The Morgan fingerprint density at radius 1 is 1.63 bits per heavy atom. The lowest BCUT2D eigenvalue weighted by atomic mass is 10.1. The number of aliphatic hydroxyl groups excluding tert-OH is 1. The quantitative estimate of drug-likeness (QED) is 0.907. The molecule has 1 aromatic carbocycles. The van der Waals surface area contributed by atoms with Gasteiger partial charge in [-0.2, -0.15) is 0 Å². The molecular weight excluding hydrogens is 314 g/mol. The van der Waals surface area contributed by atoms with Gasteiger partial charge in [-0.25, -0.2) is 0 Å². The van der Waals surface area contributed by atoms with Gasteiger partial charge in [-0.15, -0.1) is 0 Å². The predicted octanol–water partition coefficient (Wildman–Crippen LogP) is 1.29. The average molecular weight is 330 g/mol. The predicted molar refractivity (Wildman–Crippen MR) is 73.4 cm³/mol. The largest absolute Gasteiger partial charge is 0.497 e. The Labute approximate surface area is 120 Å². The number of nitrogens with zero attached hydrogens (tertiary/aromatic N) is 1. The number of hydrogen-bond acceptors (Lipinski definition) is 4. The van der Waals surface area contributed by atoms with Gasteiger partial charge in [0.2, 0.25) is 0 Å². The van der Waals surface area contributed by atoms with Gasteiger partial charge in [-0.05, 0) is 34.1 Å². The molecule has 1 saturated heterocycles. The molecule has 2 rings (SSSR count). The van der Waals surface area contributed by atoms with Gasteiger partial charge in [0.1, 0.15) is 5.75 Å². The molecule has 19 heavy (non-hydrogen) atoms. The van der Waals surface area contributed by atoms with Crippen LogP contribution in [-0.2, 0) is 4.74 Å². The Hall–Kier alpha value is -1.11. The Balaban J connectivity index is 2.27. The van der Waals surface area contributed by atoms with Crippen molar-refractivity contribution in [3.05, 3.63) is 28.2 Å². The summed E-state index contributed by atoms with van der Waals surface area (Å²) in [4.78, 5) is 14.2. The summed E-state index contributed by atoms with van der Waals surface area (Å²) in [5.74, 6) is 0.494. The van der Waals surface area contributed by atoms with Crippen molar-refractivity contribution in [3.63, 3.8) is 0 Å². The van der Waals surface area contributed by atoms with Gasteiger partial charge >= 0.3 is 0 Å². The number of methoxy groups -OCH3 is 1. The lowest BCUT2D eigenvalue weighted by Gasteiger charge is -2.34. The van der Waals surface area contributed by atoms with Crippen LogP contribution in [0.25, 0.3) is 0 Å². The van der Waals surface area contributed by atoms with Crippen molar-refractivity contribution in [1.82, 2.24) is 4.90 Å². The highest BCUT2D eigenvalue weighted by atomic mass is 79.9. The van der Waals surface area contributed by atoms with Gasteiger partial charge in [0.25, 0.3) is 5.91 Å². The van der Waals surface area contributed by atoms with Crippen molar-refractivity contribution >= 4 is 21.8 Å². The van der Waals surface area contributed by atoms with E-state index in [0.717, 1.165) is 0 Å². The fourth-order valence-corrected chi connectivity index (χ4v) is 2.44. The van der Waals surface area contributed by atoms with Crippen molar-refractivity contribution in [1.29, 1.82) is 0 Å². The maximum Gasteiger partial charge on any atom is 0.255 e. The van der Waals surface area contributed by atoms with Crippen LogP contribution in [-0.4, -0.2) is 55.4 Å². The molecular formula is C13H16BrNO4. The molecule has 0 aliphatic carbocycles. The van der Waals surface area contributed by atoms with E-state index in [9.17, 15) is 9.90 Å². The zero-order chi connectivity index (χ0) is 13.8. The van der Waals surface area contributed by atoms with Crippen LogP contribution in [0, 0.1) is 0 Å². The highest BCUT2D eigenvalue weighted by Gasteiger charge is 2.28. The van der Waals surface area contributed by atoms with Crippen molar-refractivity contribution in [2.75, 3.05) is 33.5 Å². The number of halogens is 1. The lowest BCUT2D eigenvalue weighted by molar-refractivity contribution is -0.0184. The Morgan fingerprint density at radius 2 is 2.42 bits per heavy atom. The number of carbonyl (C=O) groups is 1. The molecule has 0 spiro atoms. The average Bonchev–Trinajstić information content (AvgIpc) is 2.47. The second-order valence-corrected chi connectivity index (χ2v) is 5.11. The third-order valence-corrected chi connectivity index (χ3v) is 3.79. The third kappa shape index (κ3) is 3.08. The van der Waals surface area contributed by atoms with E-state index in [2.05, 4.69) is 15.9 Å². The van der Waals surface area contributed by atoms with Gasteiger partial charge in [0, 0.05) is 11.0 Å². The van der Waals surface area contributed by atoms with Crippen LogP contribution in [0.1, 0.15) is 10.4 Å². The summed E-state index contributed by atoms with van der Waals surface area (Å²) in [6, 6.07) is 4.96. The summed E-state index contributed by atoms with van der Waals surface area (Å²) in [6.07, 6.45) is 0. The number of benzene rings is 1. The molecule has 1 fully saturated rings. The van der Waals surface area contributed by atoms with Crippen LogP contribution >= 0.6 is 15.9 Å². The minimum Gasteiger partial charge on any atom is -0.497 e. The van der Waals surface area contributed by atoms with E-state index in [4.69, 9.17) is 9.47 Å². The minimum absolute atomic E-state index is 0.104. The number of amides is 1. The first kappa shape index (κ1) is 14.3. The molecule has 5 nitrogen and oxygen atoms in total. The topological polar surface area (TPSA) is 59.0 Å². The van der Waals surface area contributed by atoms with Crippen molar-refractivity contribution in [3.8, 4) is 5.75 Å². The molecule has 1 heterocycles. The highest BCUT2D eigenvalue weighted by Crippen LogP contribution is 2.25. The number of hydrogen-bond donors (Lipinski definition) is 1. The van der Waals surface area contributed by atoms with Crippen LogP contribution in [0.15, 0.2) is 22.7 Å². The summed E-state index contributed by atoms with van der Waals surface area (Å²) >= 11 is 3.37. The fraction of sp³-hybridized carbons (Fsp3) is 0.462. The summed E-state index contributed by atoms with van der Waals surface area (Å²) in [5.41, 5.74) is 0.528.